The fourth-order valence-corrected chi connectivity index (χ4v) is 4.28. The fraction of sp³-hybridized carbons (Fsp3) is 0.154. The molecule has 36 heavy (non-hydrogen) atoms. The van der Waals surface area contributed by atoms with Crippen LogP contribution in [0.2, 0.25) is 0 Å². The average molecular weight is 616 g/mol. The molecule has 10 heteroatoms. The van der Waals surface area contributed by atoms with Crippen LogP contribution in [0.3, 0.4) is 0 Å². The Morgan fingerprint density at radius 1 is 1.14 bits per heavy atom. The van der Waals surface area contributed by atoms with Gasteiger partial charge in [0.15, 0.2) is 6.61 Å². The van der Waals surface area contributed by atoms with Crippen molar-refractivity contribution in [3.8, 4) is 5.75 Å². The second-order valence-corrected chi connectivity index (χ2v) is 9.60. The molecule has 4 aromatic rings. The maximum Gasteiger partial charge on any atom is 0.282 e. The van der Waals surface area contributed by atoms with Crippen LogP contribution in [-0.4, -0.2) is 28.4 Å². The summed E-state index contributed by atoms with van der Waals surface area (Å²) in [5.41, 5.74) is 1.58. The van der Waals surface area contributed by atoms with Crippen LogP contribution in [0.4, 0.5) is 10.1 Å². The Balaban J connectivity index is 1.49. The first-order valence-corrected chi connectivity index (χ1v) is 12.7. The second-order valence-electron chi connectivity index (χ2n) is 7.83. The first-order chi connectivity index (χ1) is 17.3. The molecule has 1 heterocycles. The van der Waals surface area contributed by atoms with Gasteiger partial charge in [-0.05, 0) is 88.6 Å². The Morgan fingerprint density at radius 2 is 1.92 bits per heavy atom. The maximum absolute atomic E-state index is 13.1. The zero-order valence-corrected chi connectivity index (χ0v) is 22.3. The Bertz CT molecular complexity index is 1500. The summed E-state index contributed by atoms with van der Waals surface area (Å²) in [4.78, 5) is 29.9. The third-order valence-corrected chi connectivity index (χ3v) is 6.23. The molecule has 0 bridgehead atoms. The first kappa shape index (κ1) is 25.7. The highest BCUT2D eigenvalue weighted by atomic mass is 79.9. The fourth-order valence-electron chi connectivity index (χ4n) is 3.41. The molecule has 184 valence electrons. The summed E-state index contributed by atoms with van der Waals surface area (Å²) in [6, 6.07) is 16.1. The highest BCUT2D eigenvalue weighted by molar-refractivity contribution is 9.10. The van der Waals surface area contributed by atoms with E-state index in [-0.39, 0.29) is 23.9 Å². The molecule has 1 amide bonds. The number of nitrogens with zero attached hydrogens (tertiary/aromatic N) is 3. The number of carbonyl (C=O) groups is 1. The molecule has 0 saturated carbocycles. The lowest BCUT2D eigenvalue weighted by Crippen LogP contribution is -2.22. The third-order valence-electron chi connectivity index (χ3n) is 5.11. The molecule has 0 aliphatic rings. The van der Waals surface area contributed by atoms with Crippen LogP contribution in [0.1, 0.15) is 24.7 Å². The molecule has 0 saturated heterocycles. The van der Waals surface area contributed by atoms with Crippen molar-refractivity contribution in [2.75, 3.05) is 11.9 Å². The lowest BCUT2D eigenvalue weighted by Gasteiger charge is -2.10. The number of ether oxygens (including phenoxy) is 1. The minimum Gasteiger partial charge on any atom is -0.483 e. The van der Waals surface area contributed by atoms with Crippen LogP contribution in [0.5, 0.6) is 5.75 Å². The van der Waals surface area contributed by atoms with Crippen molar-refractivity contribution in [3.63, 3.8) is 0 Å². The van der Waals surface area contributed by atoms with Crippen molar-refractivity contribution < 1.29 is 13.9 Å². The highest BCUT2D eigenvalue weighted by Gasteiger charge is 2.11. The van der Waals surface area contributed by atoms with E-state index in [9.17, 15) is 14.0 Å². The Morgan fingerprint density at radius 3 is 2.64 bits per heavy atom. The van der Waals surface area contributed by atoms with Crippen LogP contribution >= 0.6 is 31.9 Å². The molecule has 0 atom stereocenters. The maximum atomic E-state index is 13.1. The van der Waals surface area contributed by atoms with Gasteiger partial charge in [0, 0.05) is 16.6 Å². The standard InChI is InChI=1S/C26H21Br2FN4O3/c1-2-3-24-32-22-10-5-17(27)13-20(22)26(35)33(24)30-14-16-4-11-23(21(28)12-16)36-15-25(34)31-19-8-6-18(29)7-9-19/h4-14H,2-3,15H2,1H3,(H,31,34). The molecule has 0 unspecified atom stereocenters. The number of amides is 1. The van der Waals surface area contributed by atoms with Crippen molar-refractivity contribution in [1.82, 2.24) is 9.66 Å². The number of anilines is 1. The number of rotatable bonds is 8. The van der Waals surface area contributed by atoms with Gasteiger partial charge in [-0.2, -0.15) is 9.78 Å². The van der Waals surface area contributed by atoms with E-state index in [1.165, 1.54) is 28.9 Å². The summed E-state index contributed by atoms with van der Waals surface area (Å²) >= 11 is 6.85. The highest BCUT2D eigenvalue weighted by Crippen LogP contribution is 2.25. The average Bonchev–Trinajstić information content (AvgIpc) is 2.85. The summed E-state index contributed by atoms with van der Waals surface area (Å²) < 4.78 is 21.3. The first-order valence-electron chi connectivity index (χ1n) is 11.1. The number of hydrogen-bond donors (Lipinski definition) is 1. The molecule has 0 spiro atoms. The van der Waals surface area contributed by atoms with E-state index in [2.05, 4.69) is 47.3 Å². The van der Waals surface area contributed by atoms with E-state index in [1.54, 1.807) is 30.5 Å². The summed E-state index contributed by atoms with van der Waals surface area (Å²) in [5.74, 6) is 0.285. The number of hydrogen-bond acceptors (Lipinski definition) is 5. The van der Waals surface area contributed by atoms with Gasteiger partial charge in [-0.3, -0.25) is 9.59 Å². The summed E-state index contributed by atoms with van der Waals surface area (Å²) in [5, 5.41) is 7.54. The molecule has 0 aliphatic carbocycles. The molecule has 4 rings (SSSR count). The van der Waals surface area contributed by atoms with Gasteiger partial charge in [0.25, 0.3) is 11.5 Å². The normalized spacial score (nSPS) is 11.2. The van der Waals surface area contributed by atoms with Crippen LogP contribution in [0.25, 0.3) is 10.9 Å². The molecule has 3 aromatic carbocycles. The lowest BCUT2D eigenvalue weighted by molar-refractivity contribution is -0.118. The number of halogens is 3. The van der Waals surface area contributed by atoms with Gasteiger partial charge < -0.3 is 10.1 Å². The van der Waals surface area contributed by atoms with Crippen LogP contribution in [0.15, 0.2) is 79.5 Å². The van der Waals surface area contributed by atoms with E-state index in [0.29, 0.717) is 44.6 Å². The zero-order chi connectivity index (χ0) is 25.7. The van der Waals surface area contributed by atoms with E-state index in [4.69, 9.17) is 4.74 Å². The Hall–Kier alpha value is -3.37. The van der Waals surface area contributed by atoms with Crippen LogP contribution in [0, 0.1) is 5.82 Å². The molecule has 0 aliphatic heterocycles. The molecular weight excluding hydrogens is 595 g/mol. The number of aromatic nitrogens is 2. The summed E-state index contributed by atoms with van der Waals surface area (Å²) in [7, 11) is 0. The molecule has 1 N–H and O–H groups in total. The van der Waals surface area contributed by atoms with Gasteiger partial charge in [-0.1, -0.05) is 22.9 Å². The second kappa shape index (κ2) is 11.6. The van der Waals surface area contributed by atoms with E-state index < -0.39 is 0 Å². The van der Waals surface area contributed by atoms with E-state index >= 15 is 0 Å². The molecule has 1 aromatic heterocycles. The number of nitrogens with one attached hydrogen (secondary N) is 1. The van der Waals surface area contributed by atoms with Crippen molar-refractivity contribution in [2.45, 2.75) is 19.8 Å². The van der Waals surface area contributed by atoms with Gasteiger partial charge in [-0.15, -0.1) is 0 Å². The molecule has 7 nitrogen and oxygen atoms in total. The number of aryl methyl sites for hydroxylation is 1. The minimum absolute atomic E-state index is 0.225. The topological polar surface area (TPSA) is 85.6 Å². The summed E-state index contributed by atoms with van der Waals surface area (Å²) in [6.07, 6.45) is 2.99. The largest absolute Gasteiger partial charge is 0.483 e. The minimum atomic E-state index is -0.381. The van der Waals surface area contributed by atoms with E-state index in [1.807, 2.05) is 19.1 Å². The SMILES string of the molecule is CCCc1nc2ccc(Br)cc2c(=O)n1N=Cc1ccc(OCC(=O)Nc2ccc(F)cc2)c(Br)c1. The van der Waals surface area contributed by atoms with Crippen LogP contribution < -0.4 is 15.6 Å². The Kier molecular flexibility index (Phi) is 8.27. The molecular formula is C26H21Br2FN4O3. The van der Waals surface area contributed by atoms with Crippen molar-refractivity contribution in [3.05, 3.63) is 97.2 Å². The monoisotopic (exact) mass is 614 g/mol. The summed E-state index contributed by atoms with van der Waals surface area (Å²) in [6.45, 7) is 1.79. The quantitative estimate of drug-likeness (QED) is 0.250. The zero-order valence-electron chi connectivity index (χ0n) is 19.2. The predicted octanol–water partition coefficient (Wildman–Crippen LogP) is 5.91. The van der Waals surface area contributed by atoms with Crippen molar-refractivity contribution in [1.29, 1.82) is 0 Å². The lowest BCUT2D eigenvalue weighted by atomic mass is 10.2. The number of carbonyl (C=O) groups excluding carboxylic acids is 1. The third kappa shape index (κ3) is 6.24. The van der Waals surface area contributed by atoms with Crippen LogP contribution in [-0.2, 0) is 11.2 Å². The van der Waals surface area contributed by atoms with Gasteiger partial charge in [0.1, 0.15) is 17.4 Å². The van der Waals surface area contributed by atoms with Gasteiger partial charge >= 0.3 is 0 Å². The van der Waals surface area contributed by atoms with Gasteiger partial charge in [0.05, 0.1) is 21.6 Å². The van der Waals surface area contributed by atoms with Gasteiger partial charge in [0.2, 0.25) is 0 Å². The van der Waals surface area contributed by atoms with Crippen molar-refractivity contribution >= 4 is 60.6 Å². The van der Waals surface area contributed by atoms with E-state index in [0.717, 1.165) is 10.9 Å². The smallest absolute Gasteiger partial charge is 0.282 e. The predicted molar refractivity (Wildman–Crippen MR) is 145 cm³/mol. The number of benzene rings is 3. The van der Waals surface area contributed by atoms with Crippen molar-refractivity contribution in [2.24, 2.45) is 5.10 Å². The van der Waals surface area contributed by atoms with Gasteiger partial charge in [-0.25, -0.2) is 9.37 Å². The Labute approximate surface area is 223 Å². The molecule has 0 radical (unpaired) electrons. The molecule has 0 fully saturated rings. The number of fused-ring (bicyclic) bond motifs is 1.